The Morgan fingerprint density at radius 1 is 1.16 bits per heavy atom. The van der Waals surface area contributed by atoms with Crippen molar-refractivity contribution in [1.29, 1.82) is 0 Å². The molecule has 0 aliphatic carbocycles. The van der Waals surface area contributed by atoms with Gasteiger partial charge in [-0.05, 0) is 49.5 Å². The first kappa shape index (κ1) is 21.2. The number of piperidine rings is 1. The molecule has 0 saturated carbocycles. The lowest BCUT2D eigenvalue weighted by molar-refractivity contribution is -0.139. The van der Waals surface area contributed by atoms with Crippen molar-refractivity contribution in [1.82, 2.24) is 24.6 Å². The Kier molecular flexibility index (Phi) is 5.90. The van der Waals surface area contributed by atoms with Crippen LogP contribution in [0, 0.1) is 5.92 Å². The Hall–Kier alpha value is -3.01. The van der Waals surface area contributed by atoms with Gasteiger partial charge in [0.05, 0.1) is 17.8 Å². The molecule has 1 amide bonds. The highest BCUT2D eigenvalue weighted by Gasteiger charge is 2.30. The summed E-state index contributed by atoms with van der Waals surface area (Å²) in [6.07, 6.45) is 1.19. The Morgan fingerprint density at radius 2 is 1.90 bits per heavy atom. The molecule has 1 N–H and O–H groups in total. The molecule has 1 saturated heterocycles. The predicted molar refractivity (Wildman–Crippen MR) is 110 cm³/mol. The third kappa shape index (κ3) is 5.19. The van der Waals surface area contributed by atoms with E-state index in [4.69, 9.17) is 0 Å². The minimum absolute atomic E-state index is 0.0168. The molecular weight excluding hydrogens is 409 g/mol. The molecule has 3 aromatic heterocycles. The van der Waals surface area contributed by atoms with Gasteiger partial charge in [-0.15, -0.1) is 0 Å². The van der Waals surface area contributed by atoms with Gasteiger partial charge in [0.1, 0.15) is 5.82 Å². The first-order valence-electron chi connectivity index (χ1n) is 10.1. The Labute approximate surface area is 177 Å². The number of likely N-dealkylation sites (tertiary alicyclic amines) is 1. The Morgan fingerprint density at radius 3 is 2.58 bits per heavy atom. The average Bonchev–Trinajstić information content (AvgIpc) is 3.17. The molecule has 0 unspecified atom stereocenters. The first-order valence-corrected chi connectivity index (χ1v) is 10.1. The first-order chi connectivity index (χ1) is 14.8. The molecule has 1 fully saturated rings. The summed E-state index contributed by atoms with van der Waals surface area (Å²) in [5, 5.41) is 8.75. The van der Waals surface area contributed by atoms with Gasteiger partial charge >= 0.3 is 6.18 Å². The third-order valence-corrected chi connectivity index (χ3v) is 5.61. The molecule has 0 atom stereocenters. The normalized spacial score (nSPS) is 16.0. The van der Waals surface area contributed by atoms with Gasteiger partial charge in [0.15, 0.2) is 0 Å². The summed E-state index contributed by atoms with van der Waals surface area (Å²) in [5.74, 6) is 0.0597. The topological polar surface area (TPSA) is 75.9 Å². The lowest BCUT2D eigenvalue weighted by Gasteiger charge is -2.31. The van der Waals surface area contributed by atoms with Crippen LogP contribution in [-0.4, -0.2) is 56.4 Å². The molecule has 1 aliphatic heterocycles. The van der Waals surface area contributed by atoms with Gasteiger partial charge in [0.2, 0.25) is 5.91 Å². The number of halogens is 3. The van der Waals surface area contributed by atoms with Gasteiger partial charge in [-0.2, -0.15) is 18.3 Å². The second-order valence-corrected chi connectivity index (χ2v) is 7.80. The lowest BCUT2D eigenvalue weighted by Crippen LogP contribution is -2.39. The van der Waals surface area contributed by atoms with Crippen LogP contribution in [0.3, 0.4) is 0 Å². The molecule has 0 aromatic carbocycles. The maximum absolute atomic E-state index is 12.7. The zero-order chi connectivity index (χ0) is 22.0. The molecule has 0 radical (unpaired) electrons. The van der Waals surface area contributed by atoms with Crippen LogP contribution in [0.25, 0.3) is 22.2 Å². The third-order valence-electron chi connectivity index (χ3n) is 5.61. The lowest BCUT2D eigenvalue weighted by atomic mass is 9.96. The van der Waals surface area contributed by atoms with Crippen molar-refractivity contribution in [3.8, 4) is 11.4 Å². The van der Waals surface area contributed by atoms with E-state index in [0.29, 0.717) is 31.7 Å². The van der Waals surface area contributed by atoms with E-state index in [1.54, 1.807) is 34.2 Å². The van der Waals surface area contributed by atoms with E-state index >= 15 is 0 Å². The molecule has 3 aromatic rings. The minimum atomic E-state index is -4.15. The van der Waals surface area contributed by atoms with E-state index in [1.807, 2.05) is 19.2 Å². The molecule has 7 nitrogen and oxygen atoms in total. The standard InChI is InChI=1S/C21H23F3N6O/c1-29-18(2-6-27-29)17-10-15-11-19(26-13-16(15)12-25-17)28-20(31)14-3-7-30(8-4-14)9-5-21(22,23)24/h2,6,10-14H,3-5,7-9H2,1H3,(H,26,28,31). The fourth-order valence-corrected chi connectivity index (χ4v) is 3.80. The number of nitrogens with one attached hydrogen (secondary N) is 1. The number of pyridine rings is 2. The van der Waals surface area contributed by atoms with E-state index < -0.39 is 12.6 Å². The van der Waals surface area contributed by atoms with E-state index in [2.05, 4.69) is 20.4 Å². The summed E-state index contributed by atoms with van der Waals surface area (Å²) < 4.78 is 38.9. The van der Waals surface area contributed by atoms with E-state index in [1.165, 1.54) is 0 Å². The van der Waals surface area contributed by atoms with E-state index in [-0.39, 0.29) is 18.4 Å². The molecule has 0 bridgehead atoms. The highest BCUT2D eigenvalue weighted by molar-refractivity contribution is 5.94. The number of fused-ring (bicyclic) bond motifs is 1. The van der Waals surface area contributed by atoms with Crippen LogP contribution in [0.4, 0.5) is 19.0 Å². The van der Waals surface area contributed by atoms with Gasteiger partial charge in [-0.1, -0.05) is 0 Å². The van der Waals surface area contributed by atoms with Crippen LogP contribution in [0.5, 0.6) is 0 Å². The van der Waals surface area contributed by atoms with Crippen LogP contribution in [0.2, 0.25) is 0 Å². The van der Waals surface area contributed by atoms with Gasteiger partial charge in [0, 0.05) is 43.5 Å². The van der Waals surface area contributed by atoms with Gasteiger partial charge in [-0.25, -0.2) is 4.98 Å². The number of hydrogen-bond acceptors (Lipinski definition) is 5. The van der Waals surface area contributed by atoms with Crippen molar-refractivity contribution in [2.75, 3.05) is 25.0 Å². The van der Waals surface area contributed by atoms with Crippen molar-refractivity contribution in [3.05, 3.63) is 36.8 Å². The smallest absolute Gasteiger partial charge is 0.310 e. The molecule has 1 aliphatic rings. The number of alkyl halides is 3. The predicted octanol–water partition coefficient (Wildman–Crippen LogP) is 3.63. The van der Waals surface area contributed by atoms with Crippen LogP contribution in [0.1, 0.15) is 19.3 Å². The van der Waals surface area contributed by atoms with Crippen molar-refractivity contribution in [3.63, 3.8) is 0 Å². The molecule has 0 spiro atoms. The van der Waals surface area contributed by atoms with Crippen LogP contribution in [-0.2, 0) is 11.8 Å². The monoisotopic (exact) mass is 432 g/mol. The number of amides is 1. The van der Waals surface area contributed by atoms with E-state index in [0.717, 1.165) is 22.2 Å². The highest BCUT2D eigenvalue weighted by atomic mass is 19.4. The van der Waals surface area contributed by atoms with Gasteiger partial charge < -0.3 is 10.2 Å². The fraction of sp³-hybridized carbons (Fsp3) is 0.429. The molecule has 10 heteroatoms. The average molecular weight is 432 g/mol. The number of aryl methyl sites for hydroxylation is 1. The van der Waals surface area contributed by atoms with Crippen molar-refractivity contribution in [2.24, 2.45) is 13.0 Å². The fourth-order valence-electron chi connectivity index (χ4n) is 3.80. The second-order valence-electron chi connectivity index (χ2n) is 7.80. The highest BCUT2D eigenvalue weighted by Crippen LogP contribution is 2.25. The number of anilines is 1. The Bertz CT molecular complexity index is 1070. The number of hydrogen-bond donors (Lipinski definition) is 1. The largest absolute Gasteiger partial charge is 0.390 e. The maximum atomic E-state index is 12.7. The van der Waals surface area contributed by atoms with Gasteiger partial charge in [0.25, 0.3) is 0 Å². The number of carbonyl (C=O) groups is 1. The number of nitrogens with zero attached hydrogens (tertiary/aromatic N) is 5. The number of rotatable bonds is 5. The summed E-state index contributed by atoms with van der Waals surface area (Å²) in [7, 11) is 1.84. The summed E-state index contributed by atoms with van der Waals surface area (Å²) in [6, 6.07) is 5.59. The summed E-state index contributed by atoms with van der Waals surface area (Å²) in [4.78, 5) is 23.2. The zero-order valence-electron chi connectivity index (χ0n) is 17.1. The molecule has 164 valence electrons. The van der Waals surface area contributed by atoms with E-state index in [9.17, 15) is 18.0 Å². The van der Waals surface area contributed by atoms with Crippen molar-refractivity contribution < 1.29 is 18.0 Å². The van der Waals surface area contributed by atoms with Crippen molar-refractivity contribution in [2.45, 2.75) is 25.4 Å². The second kappa shape index (κ2) is 8.62. The van der Waals surface area contributed by atoms with Crippen LogP contribution in [0.15, 0.2) is 36.8 Å². The number of carbonyl (C=O) groups excluding carboxylic acids is 1. The summed E-state index contributed by atoms with van der Waals surface area (Å²) >= 11 is 0. The van der Waals surface area contributed by atoms with Crippen LogP contribution < -0.4 is 5.32 Å². The molecule has 4 rings (SSSR count). The van der Waals surface area contributed by atoms with Crippen LogP contribution >= 0.6 is 0 Å². The van der Waals surface area contributed by atoms with Gasteiger partial charge in [-0.3, -0.25) is 14.5 Å². The van der Waals surface area contributed by atoms with Crippen molar-refractivity contribution >= 4 is 22.5 Å². The Balaban J connectivity index is 1.39. The minimum Gasteiger partial charge on any atom is -0.310 e. The molecular formula is C21H23F3N6O. The molecule has 31 heavy (non-hydrogen) atoms. The zero-order valence-corrected chi connectivity index (χ0v) is 17.1. The molecule has 4 heterocycles. The maximum Gasteiger partial charge on any atom is 0.390 e. The number of aromatic nitrogens is 4. The summed E-state index contributed by atoms with van der Waals surface area (Å²) in [5.41, 5.74) is 1.64. The quantitative estimate of drug-likeness (QED) is 0.666. The SMILES string of the molecule is Cn1nccc1-c1cc2cc(NC(=O)C3CCN(CCC(F)(F)F)CC3)ncc2cn1. The summed E-state index contributed by atoms with van der Waals surface area (Å²) in [6.45, 7) is 0.954.